The molecule has 3 nitrogen and oxygen atoms in total. The molecule has 0 atom stereocenters. The average Bonchev–Trinajstić information content (AvgIpc) is 2.13. The minimum atomic E-state index is 0.410. The largest absolute Gasteiger partial charge is 0.344 e. The van der Waals surface area contributed by atoms with E-state index in [1.807, 2.05) is 6.92 Å². The lowest BCUT2D eigenvalue weighted by atomic mass is 10.6. The summed E-state index contributed by atoms with van der Waals surface area (Å²) < 4.78 is 0. The number of hydrogen-bond acceptors (Lipinski definition) is 2. The van der Waals surface area contributed by atoms with Gasteiger partial charge in [0, 0.05) is 0 Å². The molecular formula is C5H8ClN3. The van der Waals surface area contributed by atoms with Crippen LogP contribution < -0.4 is 5.73 Å². The molecule has 0 spiro atoms. The van der Waals surface area contributed by atoms with E-state index in [0.717, 1.165) is 11.5 Å². The van der Waals surface area contributed by atoms with Crippen LogP contribution >= 0.6 is 11.6 Å². The first-order chi connectivity index (χ1) is 4.24. The summed E-state index contributed by atoms with van der Waals surface area (Å²) in [5.41, 5.74) is 6.15. The second-order valence-electron chi connectivity index (χ2n) is 1.80. The predicted molar refractivity (Wildman–Crippen MR) is 36.2 cm³/mol. The molecule has 50 valence electrons. The molecule has 0 radical (unpaired) electrons. The second kappa shape index (κ2) is 2.37. The molecule has 0 saturated heterocycles. The Morgan fingerprint density at radius 2 is 2.44 bits per heavy atom. The van der Waals surface area contributed by atoms with Crippen LogP contribution in [-0.4, -0.2) is 9.97 Å². The summed E-state index contributed by atoms with van der Waals surface area (Å²) in [6.07, 6.45) is 0. The highest BCUT2D eigenvalue weighted by Gasteiger charge is 1.99. The minimum Gasteiger partial charge on any atom is -0.344 e. The number of halogens is 1. The van der Waals surface area contributed by atoms with Crippen LogP contribution in [0.2, 0.25) is 5.15 Å². The van der Waals surface area contributed by atoms with Gasteiger partial charge in [-0.1, -0.05) is 11.6 Å². The normalized spacial score (nSPS) is 10.1. The molecule has 0 saturated carbocycles. The molecule has 1 heterocycles. The first-order valence-electron chi connectivity index (χ1n) is 2.65. The van der Waals surface area contributed by atoms with Gasteiger partial charge in [-0.3, -0.25) is 0 Å². The van der Waals surface area contributed by atoms with E-state index in [-0.39, 0.29) is 0 Å². The SMILES string of the molecule is Cc1[nH]c(CN)nc1Cl. The molecule has 0 unspecified atom stereocenters. The number of nitrogens with two attached hydrogens (primary N) is 1. The predicted octanol–water partition coefficient (Wildman–Crippen LogP) is 0.830. The van der Waals surface area contributed by atoms with E-state index >= 15 is 0 Å². The third kappa shape index (κ3) is 1.23. The molecule has 0 fully saturated rings. The van der Waals surface area contributed by atoms with Crippen LogP contribution in [0.5, 0.6) is 0 Å². The molecule has 3 N–H and O–H groups in total. The van der Waals surface area contributed by atoms with Crippen molar-refractivity contribution in [3.05, 3.63) is 16.7 Å². The topological polar surface area (TPSA) is 54.7 Å². The highest BCUT2D eigenvalue weighted by Crippen LogP contribution is 2.09. The number of aromatic nitrogens is 2. The smallest absolute Gasteiger partial charge is 0.150 e. The summed E-state index contributed by atoms with van der Waals surface area (Å²) in [6, 6.07) is 0. The third-order valence-electron chi connectivity index (χ3n) is 1.07. The van der Waals surface area contributed by atoms with Crippen LogP contribution in [0.1, 0.15) is 11.5 Å². The van der Waals surface area contributed by atoms with Crippen molar-refractivity contribution >= 4 is 11.6 Å². The molecule has 1 rings (SSSR count). The Hall–Kier alpha value is -0.540. The van der Waals surface area contributed by atoms with Crippen LogP contribution in [-0.2, 0) is 6.54 Å². The molecule has 4 heteroatoms. The van der Waals surface area contributed by atoms with Crippen LogP contribution in [0.25, 0.3) is 0 Å². The van der Waals surface area contributed by atoms with Crippen molar-refractivity contribution in [1.82, 2.24) is 9.97 Å². The zero-order valence-corrected chi connectivity index (χ0v) is 5.87. The van der Waals surface area contributed by atoms with E-state index in [1.54, 1.807) is 0 Å². The molecular weight excluding hydrogens is 138 g/mol. The van der Waals surface area contributed by atoms with Crippen molar-refractivity contribution in [2.45, 2.75) is 13.5 Å². The zero-order valence-electron chi connectivity index (χ0n) is 5.11. The number of aromatic amines is 1. The molecule has 1 aromatic heterocycles. The number of rotatable bonds is 1. The van der Waals surface area contributed by atoms with E-state index in [9.17, 15) is 0 Å². The van der Waals surface area contributed by atoms with E-state index < -0.39 is 0 Å². The fourth-order valence-corrected chi connectivity index (χ4v) is 0.744. The van der Waals surface area contributed by atoms with Crippen LogP contribution in [0, 0.1) is 6.92 Å². The third-order valence-corrected chi connectivity index (χ3v) is 1.44. The highest BCUT2D eigenvalue weighted by molar-refractivity contribution is 6.30. The first kappa shape index (κ1) is 6.58. The molecule has 1 aromatic rings. The zero-order chi connectivity index (χ0) is 6.85. The Labute approximate surface area is 58.2 Å². The lowest BCUT2D eigenvalue weighted by Gasteiger charge is -1.82. The first-order valence-corrected chi connectivity index (χ1v) is 3.03. The molecule has 0 bridgehead atoms. The van der Waals surface area contributed by atoms with Crippen molar-refractivity contribution in [2.24, 2.45) is 5.73 Å². The number of aryl methyl sites for hydroxylation is 1. The van der Waals surface area contributed by atoms with Gasteiger partial charge in [0.05, 0.1) is 12.2 Å². The summed E-state index contributed by atoms with van der Waals surface area (Å²) in [5, 5.41) is 0.510. The molecule has 9 heavy (non-hydrogen) atoms. The van der Waals surface area contributed by atoms with Gasteiger partial charge in [0.25, 0.3) is 0 Å². The lowest BCUT2D eigenvalue weighted by molar-refractivity contribution is 0.944. The van der Waals surface area contributed by atoms with E-state index in [4.69, 9.17) is 17.3 Å². The Morgan fingerprint density at radius 3 is 2.67 bits per heavy atom. The van der Waals surface area contributed by atoms with Gasteiger partial charge in [0.1, 0.15) is 11.0 Å². The number of nitrogens with zero attached hydrogens (tertiary/aromatic N) is 1. The van der Waals surface area contributed by atoms with Crippen LogP contribution in [0.15, 0.2) is 0 Å². The monoisotopic (exact) mass is 145 g/mol. The van der Waals surface area contributed by atoms with Gasteiger partial charge < -0.3 is 10.7 Å². The standard InChI is InChI=1S/C5H8ClN3/c1-3-5(6)9-4(2-7)8-3/h2,7H2,1H3,(H,8,9). The van der Waals surface area contributed by atoms with Gasteiger partial charge >= 0.3 is 0 Å². The van der Waals surface area contributed by atoms with Gasteiger partial charge in [0.15, 0.2) is 0 Å². The number of imidazole rings is 1. The summed E-state index contributed by atoms with van der Waals surface area (Å²) in [6.45, 7) is 2.27. The van der Waals surface area contributed by atoms with E-state index in [0.29, 0.717) is 11.7 Å². The Balaban J connectivity index is 2.98. The molecule has 0 amide bonds. The van der Waals surface area contributed by atoms with Gasteiger partial charge in [-0.05, 0) is 6.92 Å². The summed E-state index contributed by atoms with van der Waals surface area (Å²) in [5.74, 6) is 0.734. The fourth-order valence-electron chi connectivity index (χ4n) is 0.595. The van der Waals surface area contributed by atoms with E-state index in [2.05, 4.69) is 9.97 Å². The number of nitrogens with one attached hydrogen (secondary N) is 1. The fraction of sp³-hybridized carbons (Fsp3) is 0.400. The van der Waals surface area contributed by atoms with Crippen LogP contribution in [0.4, 0.5) is 0 Å². The lowest BCUT2D eigenvalue weighted by Crippen LogP contribution is -1.97. The minimum absolute atomic E-state index is 0.410. The van der Waals surface area contributed by atoms with Gasteiger partial charge in [0.2, 0.25) is 0 Å². The van der Waals surface area contributed by atoms with Crippen molar-refractivity contribution in [1.29, 1.82) is 0 Å². The van der Waals surface area contributed by atoms with Crippen molar-refractivity contribution in [3.8, 4) is 0 Å². The summed E-state index contributed by atoms with van der Waals surface area (Å²) in [7, 11) is 0. The number of hydrogen-bond donors (Lipinski definition) is 2. The maximum atomic E-state index is 5.61. The molecule has 0 aliphatic carbocycles. The molecule has 0 aromatic carbocycles. The van der Waals surface area contributed by atoms with Gasteiger partial charge in [-0.25, -0.2) is 4.98 Å². The van der Waals surface area contributed by atoms with E-state index in [1.165, 1.54) is 0 Å². The summed E-state index contributed by atoms with van der Waals surface area (Å²) >= 11 is 5.61. The van der Waals surface area contributed by atoms with Crippen LogP contribution in [0.3, 0.4) is 0 Å². The van der Waals surface area contributed by atoms with Crippen molar-refractivity contribution < 1.29 is 0 Å². The Bertz CT molecular complexity index is 186. The average molecular weight is 146 g/mol. The molecule has 0 aliphatic rings. The Morgan fingerprint density at radius 1 is 1.78 bits per heavy atom. The second-order valence-corrected chi connectivity index (χ2v) is 2.16. The quantitative estimate of drug-likeness (QED) is 0.615. The summed E-state index contributed by atoms with van der Waals surface area (Å²) in [4.78, 5) is 6.84. The highest BCUT2D eigenvalue weighted by atomic mass is 35.5. The van der Waals surface area contributed by atoms with Gasteiger partial charge in [-0.15, -0.1) is 0 Å². The van der Waals surface area contributed by atoms with Gasteiger partial charge in [-0.2, -0.15) is 0 Å². The Kier molecular flexibility index (Phi) is 1.73. The van der Waals surface area contributed by atoms with Crippen molar-refractivity contribution in [2.75, 3.05) is 0 Å². The maximum absolute atomic E-state index is 5.61. The maximum Gasteiger partial charge on any atom is 0.150 e. The number of H-pyrrole nitrogens is 1. The van der Waals surface area contributed by atoms with Crippen molar-refractivity contribution in [3.63, 3.8) is 0 Å². The molecule has 0 aliphatic heterocycles.